The van der Waals surface area contributed by atoms with Gasteiger partial charge in [0.1, 0.15) is 5.52 Å². The Morgan fingerprint density at radius 2 is 2.40 bits per heavy atom. The summed E-state index contributed by atoms with van der Waals surface area (Å²) in [7, 11) is 0. The molecule has 2 rings (SSSR count). The fraction of sp³-hybridized carbons (Fsp3) is 0.222. The summed E-state index contributed by atoms with van der Waals surface area (Å²) >= 11 is 7.30. The first-order chi connectivity index (χ1) is 7.16. The third-order valence-corrected chi connectivity index (χ3v) is 3.22. The molecule has 78 valence electrons. The summed E-state index contributed by atoms with van der Waals surface area (Å²) in [5, 5.41) is 9.69. The van der Waals surface area contributed by atoms with Crippen molar-refractivity contribution in [2.24, 2.45) is 0 Å². The van der Waals surface area contributed by atoms with Gasteiger partial charge in [-0.3, -0.25) is 4.79 Å². The number of aryl methyl sites for hydroxylation is 1. The van der Waals surface area contributed by atoms with E-state index in [0.29, 0.717) is 17.1 Å². The molecular weight excluding hydrogens is 236 g/mol. The Labute approximate surface area is 94.5 Å². The maximum absolute atomic E-state index is 10.4. The van der Waals surface area contributed by atoms with Crippen molar-refractivity contribution >= 4 is 39.1 Å². The van der Waals surface area contributed by atoms with Gasteiger partial charge in [0.2, 0.25) is 0 Å². The van der Waals surface area contributed by atoms with Gasteiger partial charge in [-0.2, -0.15) is 0 Å². The van der Waals surface area contributed by atoms with Crippen LogP contribution in [-0.2, 0) is 11.2 Å². The second kappa shape index (κ2) is 4.12. The first-order valence-electron chi connectivity index (χ1n) is 4.28. The van der Waals surface area contributed by atoms with Crippen LogP contribution < -0.4 is 0 Å². The van der Waals surface area contributed by atoms with Gasteiger partial charge in [-0.25, -0.2) is 9.97 Å². The molecule has 0 atom stereocenters. The Kier molecular flexibility index (Phi) is 2.83. The molecule has 0 saturated heterocycles. The smallest absolute Gasteiger partial charge is 0.303 e. The number of hydrogen-bond donors (Lipinski definition) is 1. The van der Waals surface area contributed by atoms with E-state index in [-0.39, 0.29) is 6.42 Å². The van der Waals surface area contributed by atoms with Gasteiger partial charge in [-0.1, -0.05) is 11.6 Å². The number of carboxylic acid groups (broad SMARTS) is 1. The van der Waals surface area contributed by atoms with Crippen molar-refractivity contribution in [1.29, 1.82) is 0 Å². The second-order valence-corrected chi connectivity index (χ2v) is 4.42. The molecule has 0 aliphatic rings. The van der Waals surface area contributed by atoms with Crippen molar-refractivity contribution < 1.29 is 9.90 Å². The highest BCUT2D eigenvalue weighted by molar-refractivity contribution is 7.18. The minimum Gasteiger partial charge on any atom is -0.481 e. The average Bonchev–Trinajstić information content (AvgIpc) is 2.59. The maximum atomic E-state index is 10.4. The molecule has 0 amide bonds. The van der Waals surface area contributed by atoms with E-state index in [4.69, 9.17) is 16.7 Å². The number of thiazole rings is 1. The average molecular weight is 243 g/mol. The molecule has 6 heteroatoms. The molecule has 0 spiro atoms. The lowest BCUT2D eigenvalue weighted by Gasteiger charge is -1.89. The largest absolute Gasteiger partial charge is 0.481 e. The van der Waals surface area contributed by atoms with E-state index in [0.717, 1.165) is 9.71 Å². The normalized spacial score (nSPS) is 10.7. The van der Waals surface area contributed by atoms with Crippen molar-refractivity contribution in [3.63, 3.8) is 0 Å². The Balaban J connectivity index is 2.31. The topological polar surface area (TPSA) is 63.1 Å². The van der Waals surface area contributed by atoms with Gasteiger partial charge in [0.05, 0.1) is 16.1 Å². The molecule has 0 aromatic carbocycles. The maximum Gasteiger partial charge on any atom is 0.303 e. The molecule has 0 bridgehead atoms. The number of hydrogen-bond acceptors (Lipinski definition) is 4. The van der Waals surface area contributed by atoms with Crippen LogP contribution in [0.2, 0.25) is 5.15 Å². The highest BCUT2D eigenvalue weighted by Crippen LogP contribution is 2.26. The van der Waals surface area contributed by atoms with Crippen LogP contribution in [0.3, 0.4) is 0 Å². The predicted molar refractivity (Wildman–Crippen MR) is 58.4 cm³/mol. The van der Waals surface area contributed by atoms with Gasteiger partial charge >= 0.3 is 5.97 Å². The second-order valence-electron chi connectivity index (χ2n) is 2.95. The number of aromatic nitrogens is 2. The molecule has 0 aliphatic heterocycles. The van der Waals surface area contributed by atoms with Crippen molar-refractivity contribution in [3.8, 4) is 0 Å². The molecule has 0 saturated carbocycles. The number of carbonyl (C=O) groups is 1. The lowest BCUT2D eigenvalue weighted by Crippen LogP contribution is -1.96. The standard InChI is InChI=1S/C9H7ClN2O2S/c10-9-8-5(3-4-11-9)15-6(12-8)1-2-7(13)14/h3-4H,1-2H2,(H,13,14). The molecule has 2 aromatic rings. The molecule has 2 heterocycles. The van der Waals surface area contributed by atoms with Gasteiger partial charge in [0, 0.05) is 12.6 Å². The van der Waals surface area contributed by atoms with E-state index in [1.807, 2.05) is 6.07 Å². The summed E-state index contributed by atoms with van der Waals surface area (Å²) in [6.45, 7) is 0. The van der Waals surface area contributed by atoms with Crippen LogP contribution in [0.4, 0.5) is 0 Å². The molecule has 0 unspecified atom stereocenters. The molecule has 4 nitrogen and oxygen atoms in total. The zero-order valence-electron chi connectivity index (χ0n) is 7.61. The van der Waals surface area contributed by atoms with Crippen LogP contribution >= 0.6 is 22.9 Å². The third-order valence-electron chi connectivity index (χ3n) is 1.86. The van der Waals surface area contributed by atoms with Crippen LogP contribution in [0.1, 0.15) is 11.4 Å². The van der Waals surface area contributed by atoms with Crippen LogP contribution in [0.5, 0.6) is 0 Å². The van der Waals surface area contributed by atoms with E-state index in [2.05, 4.69) is 9.97 Å². The fourth-order valence-corrected chi connectivity index (χ4v) is 2.41. The van der Waals surface area contributed by atoms with Gasteiger partial charge < -0.3 is 5.11 Å². The summed E-state index contributed by atoms with van der Waals surface area (Å²) in [5.41, 5.74) is 0.657. The minimum absolute atomic E-state index is 0.0882. The van der Waals surface area contributed by atoms with Crippen LogP contribution in [0, 0.1) is 0 Å². The van der Waals surface area contributed by atoms with Crippen molar-refractivity contribution in [1.82, 2.24) is 9.97 Å². The third kappa shape index (κ3) is 2.24. The number of pyridine rings is 1. The van der Waals surface area contributed by atoms with Crippen molar-refractivity contribution in [3.05, 3.63) is 22.4 Å². The molecule has 0 fully saturated rings. The number of fused-ring (bicyclic) bond motifs is 1. The van der Waals surface area contributed by atoms with E-state index < -0.39 is 5.97 Å². The molecule has 15 heavy (non-hydrogen) atoms. The highest BCUT2D eigenvalue weighted by Gasteiger charge is 2.08. The van der Waals surface area contributed by atoms with E-state index in [9.17, 15) is 4.79 Å². The Morgan fingerprint density at radius 3 is 3.07 bits per heavy atom. The lowest BCUT2D eigenvalue weighted by atomic mass is 10.3. The van der Waals surface area contributed by atoms with Crippen LogP contribution in [-0.4, -0.2) is 21.0 Å². The summed E-state index contributed by atoms with van der Waals surface area (Å²) in [6.07, 6.45) is 2.14. The monoisotopic (exact) mass is 242 g/mol. The number of halogens is 1. The summed E-state index contributed by atoms with van der Waals surface area (Å²) < 4.78 is 0.940. The number of carboxylic acids is 1. The minimum atomic E-state index is -0.821. The molecular formula is C9H7ClN2O2S. The predicted octanol–water partition coefficient (Wildman–Crippen LogP) is 2.36. The van der Waals surface area contributed by atoms with Crippen LogP contribution in [0.25, 0.3) is 10.2 Å². The van der Waals surface area contributed by atoms with Gasteiger partial charge in [-0.05, 0) is 6.07 Å². The Morgan fingerprint density at radius 1 is 1.60 bits per heavy atom. The quantitative estimate of drug-likeness (QED) is 0.840. The SMILES string of the molecule is O=C(O)CCc1nc2c(Cl)nccc2s1. The molecule has 2 aromatic heterocycles. The van der Waals surface area contributed by atoms with E-state index in [1.165, 1.54) is 11.3 Å². The summed E-state index contributed by atoms with van der Waals surface area (Å²) in [5.74, 6) is -0.821. The van der Waals surface area contributed by atoms with Crippen LogP contribution in [0.15, 0.2) is 12.3 Å². The summed E-state index contributed by atoms with van der Waals surface area (Å²) in [6, 6.07) is 1.82. The molecule has 1 N–H and O–H groups in total. The number of nitrogens with zero attached hydrogens (tertiary/aromatic N) is 2. The summed E-state index contributed by atoms with van der Waals surface area (Å²) in [4.78, 5) is 18.5. The van der Waals surface area contributed by atoms with E-state index >= 15 is 0 Å². The lowest BCUT2D eigenvalue weighted by molar-refractivity contribution is -0.136. The van der Waals surface area contributed by atoms with E-state index in [1.54, 1.807) is 6.20 Å². The zero-order chi connectivity index (χ0) is 10.8. The number of rotatable bonds is 3. The molecule has 0 aliphatic carbocycles. The highest BCUT2D eigenvalue weighted by atomic mass is 35.5. The fourth-order valence-electron chi connectivity index (χ4n) is 1.19. The van der Waals surface area contributed by atoms with Crippen molar-refractivity contribution in [2.45, 2.75) is 12.8 Å². The van der Waals surface area contributed by atoms with Crippen molar-refractivity contribution in [2.75, 3.05) is 0 Å². The van der Waals surface area contributed by atoms with Gasteiger partial charge in [0.25, 0.3) is 0 Å². The Hall–Kier alpha value is -1.20. The molecule has 0 radical (unpaired) electrons. The first-order valence-corrected chi connectivity index (χ1v) is 5.48. The zero-order valence-corrected chi connectivity index (χ0v) is 9.18. The Bertz CT molecular complexity index is 512. The first kappa shape index (κ1) is 10.3. The number of aliphatic carboxylic acids is 1. The van der Waals surface area contributed by atoms with Gasteiger partial charge in [-0.15, -0.1) is 11.3 Å². The van der Waals surface area contributed by atoms with Gasteiger partial charge in [0.15, 0.2) is 5.15 Å².